The molecule has 0 radical (unpaired) electrons. The van der Waals surface area contributed by atoms with Crippen molar-refractivity contribution in [3.05, 3.63) is 64.6 Å². The zero-order valence-electron chi connectivity index (χ0n) is 22.1. The molecule has 0 aromatic carbocycles. The second-order valence-electron chi connectivity index (χ2n) is 8.91. The molecule has 0 aliphatic carbocycles. The summed E-state index contributed by atoms with van der Waals surface area (Å²) in [7, 11) is 1.59. The number of hydrogen-bond donors (Lipinski definition) is 0. The van der Waals surface area contributed by atoms with Crippen LogP contribution >= 0.6 is 0 Å². The first-order valence-electron chi connectivity index (χ1n) is 11.4. The summed E-state index contributed by atoms with van der Waals surface area (Å²) in [6, 6.07) is 0. The van der Waals surface area contributed by atoms with Crippen LogP contribution in [-0.4, -0.2) is 37.0 Å². The van der Waals surface area contributed by atoms with Gasteiger partial charge >= 0.3 is 0 Å². The van der Waals surface area contributed by atoms with E-state index in [-0.39, 0.29) is 0 Å². The van der Waals surface area contributed by atoms with Gasteiger partial charge in [-0.05, 0) is 45.4 Å². The summed E-state index contributed by atoms with van der Waals surface area (Å²) in [6.45, 7) is 20.6. The Hall–Kier alpha value is -2.96. The van der Waals surface area contributed by atoms with E-state index in [4.69, 9.17) is 4.74 Å². The second-order valence-corrected chi connectivity index (χ2v) is 8.91. The Bertz CT molecular complexity index is 1000. The highest BCUT2D eigenvalue weighted by Crippen LogP contribution is 2.15. The van der Waals surface area contributed by atoms with Crippen molar-refractivity contribution in [3.63, 3.8) is 0 Å². The van der Waals surface area contributed by atoms with Crippen molar-refractivity contribution in [2.24, 2.45) is 0 Å². The smallest absolute Gasteiger partial charge is 0.232 e. The fraction of sp³-hybridized carbons (Fsp3) is 0.538. The van der Waals surface area contributed by atoms with Crippen molar-refractivity contribution in [2.45, 2.75) is 87.0 Å². The molecule has 0 aliphatic rings. The Morgan fingerprint density at radius 2 is 1.18 bits per heavy atom. The second kappa shape index (κ2) is 13.6. The van der Waals surface area contributed by atoms with Crippen molar-refractivity contribution in [1.82, 2.24) is 29.9 Å². The van der Waals surface area contributed by atoms with Gasteiger partial charge in [-0.3, -0.25) is 24.9 Å². The minimum atomic E-state index is 0.401. The van der Waals surface area contributed by atoms with Crippen LogP contribution in [0.5, 0.6) is 5.88 Å². The van der Waals surface area contributed by atoms with Gasteiger partial charge in [0.15, 0.2) is 0 Å². The molecule has 0 saturated heterocycles. The molecule has 0 atom stereocenters. The number of ether oxygens (including phenoxy) is 1. The third-order valence-corrected chi connectivity index (χ3v) is 4.74. The molecule has 0 amide bonds. The number of rotatable bonds is 4. The molecule has 0 fully saturated rings. The summed E-state index contributed by atoms with van der Waals surface area (Å²) in [5, 5.41) is 0. The predicted octanol–water partition coefficient (Wildman–Crippen LogP) is 6.04. The average Bonchev–Trinajstić information content (AvgIpc) is 2.76. The molecule has 0 aliphatic heterocycles. The summed E-state index contributed by atoms with van der Waals surface area (Å²) in [5.41, 5.74) is 7.28. The lowest BCUT2D eigenvalue weighted by Gasteiger charge is -2.07. The molecule has 0 saturated carbocycles. The van der Waals surface area contributed by atoms with Gasteiger partial charge in [0.25, 0.3) is 0 Å². The summed E-state index contributed by atoms with van der Waals surface area (Å²) in [4.78, 5) is 25.5. The fourth-order valence-corrected chi connectivity index (χ4v) is 3.02. The molecule has 0 unspecified atom stereocenters. The van der Waals surface area contributed by atoms with Crippen LogP contribution in [0.3, 0.4) is 0 Å². The number of nitrogens with zero attached hydrogens (tertiary/aromatic N) is 6. The molecule has 7 heteroatoms. The number of hydrogen-bond acceptors (Lipinski definition) is 7. The van der Waals surface area contributed by atoms with Crippen LogP contribution in [0.4, 0.5) is 0 Å². The van der Waals surface area contributed by atoms with Crippen LogP contribution in [0, 0.1) is 27.7 Å². The zero-order chi connectivity index (χ0) is 25.1. The maximum atomic E-state index is 4.93. The van der Waals surface area contributed by atoms with Gasteiger partial charge in [-0.25, -0.2) is 4.98 Å². The van der Waals surface area contributed by atoms with Gasteiger partial charge in [-0.2, -0.15) is 0 Å². The van der Waals surface area contributed by atoms with Crippen LogP contribution < -0.4 is 4.74 Å². The molecular weight excluding hydrogens is 412 g/mol. The van der Waals surface area contributed by atoms with Crippen LogP contribution in [-0.2, 0) is 0 Å². The molecule has 3 aromatic heterocycles. The molecule has 3 aromatic rings. The SMILES string of the molecule is COc1cncc(C(C)C)n1.Cc1cnc(C(C)C)c(C)n1.Cc1cnc(C)c(C(C)C)n1. The standard InChI is InChI=1S/2C9H14N2.C8H12N2O/c1-6(2)9-8(4)11-7(3)5-10-9;1-6(2)9-8(4)10-5-7(3)11-9;1-6(2)7-4-9-5-8(10-7)11-3/h2*5-6H,1-4H3;4-6H,1-3H3. The van der Waals surface area contributed by atoms with Crippen LogP contribution in [0.2, 0.25) is 0 Å². The first kappa shape index (κ1) is 28.1. The molecule has 33 heavy (non-hydrogen) atoms. The molecular formula is C26H40N6O. The van der Waals surface area contributed by atoms with Crippen LogP contribution in [0.1, 0.15) is 99.2 Å². The first-order valence-corrected chi connectivity index (χ1v) is 11.4. The van der Waals surface area contributed by atoms with Gasteiger partial charge in [-0.1, -0.05) is 41.5 Å². The van der Waals surface area contributed by atoms with E-state index in [0.717, 1.165) is 39.9 Å². The highest BCUT2D eigenvalue weighted by atomic mass is 16.5. The van der Waals surface area contributed by atoms with E-state index in [2.05, 4.69) is 71.4 Å². The van der Waals surface area contributed by atoms with Crippen molar-refractivity contribution >= 4 is 0 Å². The summed E-state index contributed by atoms with van der Waals surface area (Å²) in [5.74, 6) is 1.93. The Balaban J connectivity index is 0.000000247. The van der Waals surface area contributed by atoms with Crippen molar-refractivity contribution in [1.29, 1.82) is 0 Å². The lowest BCUT2D eigenvalue weighted by Crippen LogP contribution is -2.00. The maximum absolute atomic E-state index is 4.93. The molecule has 0 spiro atoms. The first-order chi connectivity index (χ1) is 15.5. The van der Waals surface area contributed by atoms with E-state index in [9.17, 15) is 0 Å². The van der Waals surface area contributed by atoms with Gasteiger partial charge in [0.2, 0.25) is 5.88 Å². The zero-order valence-corrected chi connectivity index (χ0v) is 22.1. The van der Waals surface area contributed by atoms with Crippen molar-refractivity contribution in [2.75, 3.05) is 7.11 Å². The lowest BCUT2D eigenvalue weighted by molar-refractivity contribution is 0.393. The lowest BCUT2D eigenvalue weighted by atomic mass is 10.1. The Morgan fingerprint density at radius 1 is 0.606 bits per heavy atom. The molecule has 0 bridgehead atoms. The predicted molar refractivity (Wildman–Crippen MR) is 134 cm³/mol. The highest BCUT2D eigenvalue weighted by molar-refractivity contribution is 5.15. The average molecular weight is 453 g/mol. The monoisotopic (exact) mass is 452 g/mol. The quantitative estimate of drug-likeness (QED) is 0.477. The van der Waals surface area contributed by atoms with E-state index in [0.29, 0.717) is 23.6 Å². The number of aryl methyl sites for hydroxylation is 4. The minimum Gasteiger partial charge on any atom is -0.480 e. The third kappa shape index (κ3) is 9.60. The summed E-state index contributed by atoms with van der Waals surface area (Å²) in [6.07, 6.45) is 6.99. The largest absolute Gasteiger partial charge is 0.480 e. The summed E-state index contributed by atoms with van der Waals surface area (Å²) >= 11 is 0. The van der Waals surface area contributed by atoms with Gasteiger partial charge in [0, 0.05) is 18.6 Å². The van der Waals surface area contributed by atoms with Gasteiger partial charge < -0.3 is 4.74 Å². The van der Waals surface area contributed by atoms with Crippen LogP contribution in [0.15, 0.2) is 24.8 Å². The van der Waals surface area contributed by atoms with Crippen LogP contribution in [0.25, 0.3) is 0 Å². The Morgan fingerprint density at radius 3 is 1.67 bits per heavy atom. The van der Waals surface area contributed by atoms with Gasteiger partial charge in [0.05, 0.1) is 53.2 Å². The molecule has 0 N–H and O–H groups in total. The van der Waals surface area contributed by atoms with E-state index in [1.165, 1.54) is 0 Å². The molecule has 7 nitrogen and oxygen atoms in total. The van der Waals surface area contributed by atoms with Crippen molar-refractivity contribution < 1.29 is 4.74 Å². The fourth-order valence-electron chi connectivity index (χ4n) is 3.02. The summed E-state index contributed by atoms with van der Waals surface area (Å²) < 4.78 is 4.93. The Kier molecular flexibility index (Phi) is 11.5. The molecule has 3 heterocycles. The van der Waals surface area contributed by atoms with E-state index < -0.39 is 0 Å². The number of aromatic nitrogens is 6. The Labute approximate surface area is 199 Å². The molecule has 3 rings (SSSR count). The van der Waals surface area contributed by atoms with E-state index in [1.807, 2.05) is 33.9 Å². The van der Waals surface area contributed by atoms with Gasteiger partial charge in [0.1, 0.15) is 0 Å². The normalized spacial score (nSPS) is 10.5. The van der Waals surface area contributed by atoms with E-state index in [1.54, 1.807) is 25.7 Å². The number of methoxy groups -OCH3 is 1. The topological polar surface area (TPSA) is 86.6 Å². The van der Waals surface area contributed by atoms with Crippen molar-refractivity contribution in [3.8, 4) is 5.88 Å². The highest BCUT2D eigenvalue weighted by Gasteiger charge is 2.06. The van der Waals surface area contributed by atoms with E-state index >= 15 is 0 Å². The maximum Gasteiger partial charge on any atom is 0.232 e. The molecule has 180 valence electrons. The third-order valence-electron chi connectivity index (χ3n) is 4.74. The minimum absolute atomic E-state index is 0.401. The van der Waals surface area contributed by atoms with Gasteiger partial charge in [-0.15, -0.1) is 0 Å².